The van der Waals surface area contributed by atoms with E-state index in [9.17, 15) is 14.9 Å². The van der Waals surface area contributed by atoms with Gasteiger partial charge in [-0.1, -0.05) is 55.8 Å². The molecule has 1 aromatic carbocycles. The molecule has 40 heavy (non-hydrogen) atoms. The van der Waals surface area contributed by atoms with E-state index in [1.54, 1.807) is 7.11 Å². The number of hydrogen-bond acceptors (Lipinski definition) is 8. The molecule has 8 heteroatoms. The fourth-order valence-electron chi connectivity index (χ4n) is 6.08. The molecule has 1 aliphatic heterocycles. The highest BCUT2D eigenvalue weighted by Gasteiger charge is 2.35. The van der Waals surface area contributed by atoms with E-state index in [4.69, 9.17) is 14.2 Å². The maximum atomic E-state index is 13.2. The average molecular weight is 586 g/mol. The van der Waals surface area contributed by atoms with Crippen LogP contribution in [0.25, 0.3) is 0 Å². The van der Waals surface area contributed by atoms with Crippen LogP contribution in [-0.4, -0.2) is 31.3 Å². The van der Waals surface area contributed by atoms with E-state index >= 15 is 0 Å². The highest BCUT2D eigenvalue weighted by Crippen LogP contribution is 2.57. The third-order valence-electron chi connectivity index (χ3n) is 9.12. The number of methoxy groups -OCH3 is 1. The van der Waals surface area contributed by atoms with Gasteiger partial charge in [-0.2, -0.15) is 5.26 Å². The Bertz CT molecular complexity index is 1150. The first-order valence-corrected chi connectivity index (χ1v) is 16.4. The van der Waals surface area contributed by atoms with E-state index in [0.717, 1.165) is 58.8 Å². The standard InChI is InChI=1S/C32H43NO5S2/c1-6-21-8-10-22(11-9-21)23-12-14-24(15-13-23)29(34)38-26-16-7-20(2)27-28(26)40-31(39-27)25(19-33)30(35)37-18-17-32(3,4)36-5/h7,16,21-24H,6,8-15,17-18H2,1-5H3/b31-25+. The zero-order valence-corrected chi connectivity index (χ0v) is 26.2. The Morgan fingerprint density at radius 3 is 2.23 bits per heavy atom. The molecule has 0 bridgehead atoms. The molecule has 218 valence electrons. The van der Waals surface area contributed by atoms with Gasteiger partial charge in [-0.05, 0) is 88.7 Å². The van der Waals surface area contributed by atoms with E-state index in [1.165, 1.54) is 55.6 Å². The minimum atomic E-state index is -0.645. The van der Waals surface area contributed by atoms with E-state index in [0.29, 0.717) is 16.4 Å². The topological polar surface area (TPSA) is 85.6 Å². The number of esters is 2. The SMILES string of the molecule is CCC1CCC(C2CCC(C(=O)Oc3ccc(C)c4c3S/C(=C(\C#N)C(=O)OCCC(C)(C)OC)S4)CC2)CC1. The largest absolute Gasteiger partial charge is 0.461 e. The molecule has 6 nitrogen and oxygen atoms in total. The zero-order valence-electron chi connectivity index (χ0n) is 24.5. The second-order valence-electron chi connectivity index (χ2n) is 12.1. The first kappa shape index (κ1) is 31.0. The van der Waals surface area contributed by atoms with Crippen molar-refractivity contribution in [3.8, 4) is 11.8 Å². The van der Waals surface area contributed by atoms with E-state index in [2.05, 4.69) is 6.92 Å². The Hall–Kier alpha value is -1.95. The van der Waals surface area contributed by atoms with Crippen molar-refractivity contribution in [2.45, 2.75) is 107 Å². The summed E-state index contributed by atoms with van der Waals surface area (Å²) in [7, 11) is 1.62. The van der Waals surface area contributed by atoms with Crippen molar-refractivity contribution in [2.24, 2.45) is 23.7 Å². The van der Waals surface area contributed by atoms with Crippen LogP contribution in [-0.2, 0) is 19.1 Å². The number of ether oxygens (including phenoxy) is 3. The van der Waals surface area contributed by atoms with Crippen LogP contribution in [0.15, 0.2) is 31.7 Å². The summed E-state index contributed by atoms with van der Waals surface area (Å²) in [5.74, 6) is 2.10. The number of aryl methyl sites for hydroxylation is 1. The van der Waals surface area contributed by atoms with Crippen molar-refractivity contribution in [2.75, 3.05) is 13.7 Å². The van der Waals surface area contributed by atoms with Crippen LogP contribution in [0.3, 0.4) is 0 Å². The van der Waals surface area contributed by atoms with E-state index in [1.807, 2.05) is 39.0 Å². The van der Waals surface area contributed by atoms with Crippen LogP contribution in [0.5, 0.6) is 5.75 Å². The van der Waals surface area contributed by atoms with E-state index in [-0.39, 0.29) is 24.1 Å². The van der Waals surface area contributed by atoms with Gasteiger partial charge < -0.3 is 14.2 Å². The maximum Gasteiger partial charge on any atom is 0.350 e. The average Bonchev–Trinajstić information content (AvgIpc) is 3.41. The fraction of sp³-hybridized carbons (Fsp3) is 0.656. The molecule has 0 radical (unpaired) electrons. The lowest BCUT2D eigenvalue weighted by Gasteiger charge is -2.37. The maximum absolute atomic E-state index is 13.2. The predicted molar refractivity (Wildman–Crippen MR) is 159 cm³/mol. The fourth-order valence-corrected chi connectivity index (χ4v) is 8.72. The molecule has 0 amide bonds. The van der Waals surface area contributed by atoms with Gasteiger partial charge in [-0.15, -0.1) is 0 Å². The molecule has 1 heterocycles. The molecule has 0 saturated heterocycles. The molecule has 0 unspecified atom stereocenters. The summed E-state index contributed by atoms with van der Waals surface area (Å²) in [6, 6.07) is 5.79. The van der Waals surface area contributed by atoms with Crippen molar-refractivity contribution >= 4 is 35.5 Å². The lowest BCUT2D eigenvalue weighted by atomic mass is 9.69. The highest BCUT2D eigenvalue weighted by atomic mass is 32.2. The van der Waals surface area contributed by atoms with E-state index < -0.39 is 11.6 Å². The Labute approximate surface area is 248 Å². The third kappa shape index (κ3) is 7.46. The molecule has 0 N–H and O–H groups in total. The van der Waals surface area contributed by atoms with Crippen LogP contribution >= 0.6 is 23.5 Å². The minimum Gasteiger partial charge on any atom is -0.461 e. The highest BCUT2D eigenvalue weighted by molar-refractivity contribution is 8.24. The molecule has 0 spiro atoms. The molecule has 0 aromatic heterocycles. The van der Waals surface area contributed by atoms with Gasteiger partial charge in [-0.25, -0.2) is 4.79 Å². The van der Waals surface area contributed by atoms with Gasteiger partial charge in [0.1, 0.15) is 11.8 Å². The Morgan fingerprint density at radius 2 is 1.62 bits per heavy atom. The molecular weight excluding hydrogens is 542 g/mol. The number of fused-ring (bicyclic) bond motifs is 1. The first-order chi connectivity index (χ1) is 19.2. The molecule has 2 fully saturated rings. The van der Waals surface area contributed by atoms with Crippen molar-refractivity contribution in [1.29, 1.82) is 5.26 Å². The van der Waals surface area contributed by atoms with Gasteiger partial charge in [0.25, 0.3) is 0 Å². The minimum absolute atomic E-state index is 0.0237. The number of thioether (sulfide) groups is 2. The number of nitrogens with zero attached hydrogens (tertiary/aromatic N) is 1. The summed E-state index contributed by atoms with van der Waals surface area (Å²) in [4.78, 5) is 27.7. The Balaban J connectivity index is 1.37. The second-order valence-corrected chi connectivity index (χ2v) is 14.4. The van der Waals surface area contributed by atoms with Crippen LogP contribution in [0.2, 0.25) is 0 Å². The van der Waals surface area contributed by atoms with Crippen LogP contribution in [0.4, 0.5) is 0 Å². The molecule has 4 rings (SSSR count). The van der Waals surface area contributed by atoms with Crippen molar-refractivity contribution in [3.05, 3.63) is 27.5 Å². The predicted octanol–water partition coefficient (Wildman–Crippen LogP) is 8.21. The van der Waals surface area contributed by atoms with Crippen LogP contribution in [0, 0.1) is 41.9 Å². The number of hydrogen-bond donors (Lipinski definition) is 0. The van der Waals surface area contributed by atoms with Gasteiger partial charge in [0.2, 0.25) is 0 Å². The normalized spacial score (nSPS) is 26.0. The van der Waals surface area contributed by atoms with Crippen molar-refractivity contribution in [1.82, 2.24) is 0 Å². The number of benzene rings is 1. The molecule has 1 aromatic rings. The van der Waals surface area contributed by atoms with Gasteiger partial charge >= 0.3 is 11.9 Å². The smallest absolute Gasteiger partial charge is 0.350 e. The number of rotatable bonds is 9. The van der Waals surface area contributed by atoms with Crippen LogP contribution < -0.4 is 4.74 Å². The Morgan fingerprint density at radius 1 is 1.00 bits per heavy atom. The van der Waals surface area contributed by atoms with Gasteiger partial charge in [-0.3, -0.25) is 4.79 Å². The molecule has 2 aliphatic carbocycles. The number of carbonyl (C=O) groups excluding carboxylic acids is 2. The monoisotopic (exact) mass is 585 g/mol. The summed E-state index contributed by atoms with van der Waals surface area (Å²) in [5.41, 5.74) is 0.564. The molecule has 2 saturated carbocycles. The van der Waals surface area contributed by atoms with Gasteiger partial charge in [0.15, 0.2) is 5.57 Å². The molecule has 0 atom stereocenters. The quantitative estimate of drug-likeness (QED) is 0.124. The third-order valence-corrected chi connectivity index (χ3v) is 11.9. The summed E-state index contributed by atoms with van der Waals surface area (Å²) in [6.45, 7) is 8.28. The van der Waals surface area contributed by atoms with Crippen molar-refractivity contribution in [3.63, 3.8) is 0 Å². The lowest BCUT2D eigenvalue weighted by molar-refractivity contribution is -0.141. The zero-order chi connectivity index (χ0) is 28.9. The van der Waals surface area contributed by atoms with Crippen LogP contribution in [0.1, 0.15) is 90.5 Å². The second kappa shape index (κ2) is 13.8. The summed E-state index contributed by atoms with van der Waals surface area (Å²) < 4.78 is 17.3. The Kier molecular flexibility index (Phi) is 10.7. The number of nitriles is 1. The summed E-state index contributed by atoms with van der Waals surface area (Å²) in [5, 5.41) is 9.79. The lowest BCUT2D eigenvalue weighted by Crippen LogP contribution is -2.30. The summed E-state index contributed by atoms with van der Waals surface area (Å²) >= 11 is 2.67. The first-order valence-electron chi connectivity index (χ1n) is 14.7. The van der Waals surface area contributed by atoms with Gasteiger partial charge in [0.05, 0.1) is 27.3 Å². The van der Waals surface area contributed by atoms with Gasteiger partial charge in [0, 0.05) is 18.4 Å². The summed E-state index contributed by atoms with van der Waals surface area (Å²) in [6.07, 6.45) is 11.3. The van der Waals surface area contributed by atoms with Crippen molar-refractivity contribution < 1.29 is 23.8 Å². The molecule has 3 aliphatic rings. The number of carbonyl (C=O) groups is 2. The molecular formula is C32H43NO5S2.